The van der Waals surface area contributed by atoms with Crippen molar-refractivity contribution in [2.24, 2.45) is 11.1 Å². The molecule has 0 saturated carbocycles. The fourth-order valence-electron chi connectivity index (χ4n) is 1.69. The molecule has 0 fully saturated rings. The molecule has 0 aliphatic heterocycles. The molecule has 0 spiro atoms. The first-order valence-electron chi connectivity index (χ1n) is 6.13. The summed E-state index contributed by atoms with van der Waals surface area (Å²) < 4.78 is 0. The SMILES string of the molecule is C=CCN(CC(=O)O)C(=O)CCC(C)(C)CCN. The molecule has 0 rings (SSSR count). The van der Waals surface area contributed by atoms with Crippen LogP contribution in [0.15, 0.2) is 12.7 Å². The number of carboxylic acid groups (broad SMARTS) is 1. The van der Waals surface area contributed by atoms with E-state index in [4.69, 9.17) is 10.8 Å². The van der Waals surface area contributed by atoms with Gasteiger partial charge in [-0.25, -0.2) is 0 Å². The zero-order chi connectivity index (χ0) is 14.2. The summed E-state index contributed by atoms with van der Waals surface area (Å²) in [6.45, 7) is 8.22. The summed E-state index contributed by atoms with van der Waals surface area (Å²) in [6, 6.07) is 0. The Morgan fingerprint density at radius 2 is 2.00 bits per heavy atom. The lowest BCUT2D eigenvalue weighted by Gasteiger charge is -2.25. The maximum Gasteiger partial charge on any atom is 0.323 e. The Labute approximate surface area is 109 Å². The average molecular weight is 256 g/mol. The first-order chi connectivity index (χ1) is 8.32. The van der Waals surface area contributed by atoms with Gasteiger partial charge in [-0.15, -0.1) is 6.58 Å². The summed E-state index contributed by atoms with van der Waals surface area (Å²) in [7, 11) is 0. The number of hydrogen-bond donors (Lipinski definition) is 2. The summed E-state index contributed by atoms with van der Waals surface area (Å²) >= 11 is 0. The molecule has 0 bridgehead atoms. The maximum absolute atomic E-state index is 11.9. The van der Waals surface area contributed by atoms with Crippen molar-refractivity contribution in [3.63, 3.8) is 0 Å². The van der Waals surface area contributed by atoms with E-state index in [9.17, 15) is 9.59 Å². The molecule has 0 aliphatic rings. The van der Waals surface area contributed by atoms with Crippen molar-refractivity contribution >= 4 is 11.9 Å². The van der Waals surface area contributed by atoms with E-state index in [2.05, 4.69) is 20.4 Å². The number of nitrogens with zero attached hydrogens (tertiary/aromatic N) is 1. The second kappa shape index (κ2) is 7.87. The van der Waals surface area contributed by atoms with E-state index in [0.29, 0.717) is 19.4 Å². The Kier molecular flexibility index (Phi) is 7.27. The minimum atomic E-state index is -1.01. The van der Waals surface area contributed by atoms with Gasteiger partial charge in [0.05, 0.1) is 0 Å². The van der Waals surface area contributed by atoms with Crippen molar-refractivity contribution in [3.8, 4) is 0 Å². The molecular weight excluding hydrogens is 232 g/mol. The average Bonchev–Trinajstić information content (AvgIpc) is 2.25. The van der Waals surface area contributed by atoms with Crippen LogP contribution in [-0.4, -0.2) is 41.5 Å². The number of aliphatic carboxylic acids is 1. The van der Waals surface area contributed by atoms with E-state index in [0.717, 1.165) is 6.42 Å². The van der Waals surface area contributed by atoms with Gasteiger partial charge in [-0.2, -0.15) is 0 Å². The molecule has 3 N–H and O–H groups in total. The highest BCUT2D eigenvalue weighted by Crippen LogP contribution is 2.26. The minimum absolute atomic E-state index is 0.00742. The van der Waals surface area contributed by atoms with E-state index in [1.807, 2.05) is 0 Å². The number of rotatable bonds is 9. The van der Waals surface area contributed by atoms with Gasteiger partial charge in [0.1, 0.15) is 6.54 Å². The van der Waals surface area contributed by atoms with E-state index < -0.39 is 5.97 Å². The monoisotopic (exact) mass is 256 g/mol. The maximum atomic E-state index is 11.9. The minimum Gasteiger partial charge on any atom is -0.480 e. The summed E-state index contributed by atoms with van der Waals surface area (Å²) in [6.07, 6.45) is 3.43. The van der Waals surface area contributed by atoms with Crippen molar-refractivity contribution in [2.75, 3.05) is 19.6 Å². The largest absolute Gasteiger partial charge is 0.480 e. The number of carbonyl (C=O) groups is 2. The van der Waals surface area contributed by atoms with Crippen LogP contribution in [0.1, 0.15) is 33.1 Å². The fourth-order valence-corrected chi connectivity index (χ4v) is 1.69. The van der Waals surface area contributed by atoms with Gasteiger partial charge in [-0.05, 0) is 24.8 Å². The summed E-state index contributed by atoms with van der Waals surface area (Å²) in [5, 5.41) is 8.73. The van der Waals surface area contributed by atoms with Gasteiger partial charge in [-0.3, -0.25) is 9.59 Å². The molecule has 0 saturated heterocycles. The molecule has 5 nitrogen and oxygen atoms in total. The van der Waals surface area contributed by atoms with Crippen LogP contribution < -0.4 is 5.73 Å². The molecule has 0 heterocycles. The standard InChI is InChI=1S/C13H24N2O3/c1-4-9-15(10-12(17)18)11(16)5-6-13(2,3)7-8-14/h4H,1,5-10,14H2,2-3H3,(H,17,18). The molecule has 0 aromatic carbocycles. The molecule has 0 atom stereocenters. The normalized spacial score (nSPS) is 11.1. The number of nitrogens with two attached hydrogens (primary N) is 1. The zero-order valence-corrected chi connectivity index (χ0v) is 11.3. The second-order valence-electron chi connectivity index (χ2n) is 5.16. The lowest BCUT2D eigenvalue weighted by atomic mass is 9.84. The van der Waals surface area contributed by atoms with Crippen molar-refractivity contribution in [1.82, 2.24) is 4.90 Å². The molecule has 18 heavy (non-hydrogen) atoms. The Morgan fingerprint density at radius 1 is 1.39 bits per heavy atom. The predicted octanol–water partition coefficient (Wildman–Crippen LogP) is 1.24. The molecule has 0 aliphatic carbocycles. The van der Waals surface area contributed by atoms with E-state index in [1.165, 1.54) is 11.0 Å². The third-order valence-electron chi connectivity index (χ3n) is 2.87. The summed E-state index contributed by atoms with van der Waals surface area (Å²) in [5.74, 6) is -1.16. The second-order valence-corrected chi connectivity index (χ2v) is 5.16. The molecule has 1 amide bonds. The van der Waals surface area contributed by atoms with Crippen LogP contribution >= 0.6 is 0 Å². The van der Waals surface area contributed by atoms with Gasteiger partial charge in [0.25, 0.3) is 0 Å². The molecule has 0 aromatic heterocycles. The first-order valence-corrected chi connectivity index (χ1v) is 6.13. The molecule has 5 heteroatoms. The van der Waals surface area contributed by atoms with Gasteiger partial charge in [0.15, 0.2) is 0 Å². The van der Waals surface area contributed by atoms with Crippen LogP contribution in [-0.2, 0) is 9.59 Å². The van der Waals surface area contributed by atoms with E-state index in [1.54, 1.807) is 0 Å². The van der Waals surface area contributed by atoms with Crippen LogP contribution in [0.25, 0.3) is 0 Å². The van der Waals surface area contributed by atoms with Gasteiger partial charge in [0.2, 0.25) is 5.91 Å². The van der Waals surface area contributed by atoms with Crippen molar-refractivity contribution in [1.29, 1.82) is 0 Å². The number of hydrogen-bond acceptors (Lipinski definition) is 3. The van der Waals surface area contributed by atoms with Gasteiger partial charge < -0.3 is 15.7 Å². The Morgan fingerprint density at radius 3 is 2.44 bits per heavy atom. The number of carbonyl (C=O) groups excluding carboxylic acids is 1. The summed E-state index contributed by atoms with van der Waals surface area (Å²) in [5.41, 5.74) is 5.52. The summed E-state index contributed by atoms with van der Waals surface area (Å²) in [4.78, 5) is 23.9. The van der Waals surface area contributed by atoms with Crippen LogP contribution in [0.2, 0.25) is 0 Å². The highest BCUT2D eigenvalue weighted by Gasteiger charge is 2.21. The van der Waals surface area contributed by atoms with Crippen LogP contribution in [0.4, 0.5) is 0 Å². The number of carboxylic acids is 1. The Hall–Kier alpha value is -1.36. The van der Waals surface area contributed by atoms with Crippen molar-refractivity contribution in [3.05, 3.63) is 12.7 Å². The van der Waals surface area contributed by atoms with E-state index in [-0.39, 0.29) is 24.4 Å². The van der Waals surface area contributed by atoms with Gasteiger partial charge in [0, 0.05) is 13.0 Å². The fraction of sp³-hybridized carbons (Fsp3) is 0.692. The Bertz CT molecular complexity index is 301. The predicted molar refractivity (Wildman–Crippen MR) is 71.1 cm³/mol. The third kappa shape index (κ3) is 7.06. The topological polar surface area (TPSA) is 83.6 Å². The van der Waals surface area contributed by atoms with Crippen LogP contribution in [0.3, 0.4) is 0 Å². The quantitative estimate of drug-likeness (QED) is 0.608. The number of amides is 1. The smallest absolute Gasteiger partial charge is 0.323 e. The first kappa shape index (κ1) is 16.6. The van der Waals surface area contributed by atoms with Gasteiger partial charge in [-0.1, -0.05) is 19.9 Å². The molecule has 0 unspecified atom stereocenters. The lowest BCUT2D eigenvalue weighted by Crippen LogP contribution is -2.36. The molecule has 0 aromatic rings. The lowest BCUT2D eigenvalue weighted by molar-refractivity contribution is -0.144. The highest BCUT2D eigenvalue weighted by molar-refractivity contribution is 5.81. The third-order valence-corrected chi connectivity index (χ3v) is 2.87. The zero-order valence-electron chi connectivity index (χ0n) is 11.3. The molecule has 104 valence electrons. The Balaban J connectivity index is 4.33. The van der Waals surface area contributed by atoms with Crippen molar-refractivity contribution in [2.45, 2.75) is 33.1 Å². The molecule has 0 radical (unpaired) electrons. The van der Waals surface area contributed by atoms with E-state index >= 15 is 0 Å². The van der Waals surface area contributed by atoms with Crippen molar-refractivity contribution < 1.29 is 14.7 Å². The highest BCUT2D eigenvalue weighted by atomic mass is 16.4. The van der Waals surface area contributed by atoms with Gasteiger partial charge >= 0.3 is 5.97 Å². The van der Waals surface area contributed by atoms with Crippen LogP contribution in [0.5, 0.6) is 0 Å². The molecular formula is C13H24N2O3. The van der Waals surface area contributed by atoms with Crippen LogP contribution in [0, 0.1) is 5.41 Å².